The highest BCUT2D eigenvalue weighted by Crippen LogP contribution is 2.26. The molecule has 3 aromatic heterocycles. The van der Waals surface area contributed by atoms with Gasteiger partial charge in [-0.2, -0.15) is 0 Å². The summed E-state index contributed by atoms with van der Waals surface area (Å²) in [6.45, 7) is 0. The number of aryl methyl sites for hydroxylation is 1. The first-order chi connectivity index (χ1) is 15.5. The van der Waals surface area contributed by atoms with Gasteiger partial charge in [-0.3, -0.25) is 28.8 Å². The Hall–Kier alpha value is -3.84. The highest BCUT2D eigenvalue weighted by molar-refractivity contribution is 7.92. The fraction of sp³-hybridized carbons (Fsp3) is 0.150. The van der Waals surface area contributed by atoms with E-state index in [-0.39, 0.29) is 16.6 Å². The molecule has 0 radical (unpaired) electrons. The zero-order valence-electron chi connectivity index (χ0n) is 17.7. The van der Waals surface area contributed by atoms with Crippen LogP contribution in [-0.2, 0) is 24.1 Å². The standard InChI is InChI=1S/C20H18N6O5S2/c1-25-16-14(18(28)26(2)20(25)29)8-12(9-21-16)17(27)23-19-22-15(10-32-19)11-4-6-13(7-5-11)24-33(3,30)31/h4-10,24H,1-3H3,(H,22,23,27). The van der Waals surface area contributed by atoms with Crippen LogP contribution in [0.1, 0.15) is 10.4 Å². The smallest absolute Gasteiger partial charge is 0.298 e. The molecule has 3 heterocycles. The minimum absolute atomic E-state index is 0.145. The topological polar surface area (TPSA) is 145 Å². The van der Waals surface area contributed by atoms with E-state index in [0.717, 1.165) is 16.4 Å². The van der Waals surface area contributed by atoms with Crippen LogP contribution in [0, 0.1) is 0 Å². The molecule has 4 aromatic rings. The summed E-state index contributed by atoms with van der Waals surface area (Å²) in [7, 11) is -0.511. The predicted molar refractivity (Wildman–Crippen MR) is 126 cm³/mol. The summed E-state index contributed by atoms with van der Waals surface area (Å²) in [4.78, 5) is 45.7. The molecule has 0 unspecified atom stereocenters. The molecule has 13 heteroatoms. The molecule has 33 heavy (non-hydrogen) atoms. The molecular weight excluding hydrogens is 468 g/mol. The van der Waals surface area contributed by atoms with Crippen molar-refractivity contribution in [2.45, 2.75) is 0 Å². The van der Waals surface area contributed by atoms with Crippen LogP contribution in [0.3, 0.4) is 0 Å². The summed E-state index contributed by atoms with van der Waals surface area (Å²) < 4.78 is 27.2. The summed E-state index contributed by atoms with van der Waals surface area (Å²) >= 11 is 1.21. The third kappa shape index (κ3) is 4.54. The number of carbonyl (C=O) groups is 1. The Morgan fingerprint density at radius 2 is 1.79 bits per heavy atom. The van der Waals surface area contributed by atoms with Gasteiger partial charge in [-0.1, -0.05) is 12.1 Å². The number of fused-ring (bicyclic) bond motifs is 1. The zero-order valence-corrected chi connectivity index (χ0v) is 19.3. The highest BCUT2D eigenvalue weighted by atomic mass is 32.2. The molecule has 2 N–H and O–H groups in total. The van der Waals surface area contributed by atoms with Crippen LogP contribution < -0.4 is 21.3 Å². The number of hydrogen-bond donors (Lipinski definition) is 2. The van der Waals surface area contributed by atoms with Gasteiger partial charge in [-0.05, 0) is 18.2 Å². The Bertz CT molecular complexity index is 1620. The van der Waals surface area contributed by atoms with Crippen molar-refractivity contribution in [1.29, 1.82) is 0 Å². The molecular formula is C20H18N6O5S2. The number of aromatic nitrogens is 4. The number of thiazole rings is 1. The van der Waals surface area contributed by atoms with Crippen LogP contribution in [0.15, 0.2) is 51.5 Å². The van der Waals surface area contributed by atoms with Crippen LogP contribution in [-0.4, -0.2) is 39.7 Å². The van der Waals surface area contributed by atoms with E-state index in [9.17, 15) is 22.8 Å². The van der Waals surface area contributed by atoms with Crippen LogP contribution in [0.5, 0.6) is 0 Å². The lowest BCUT2D eigenvalue weighted by molar-refractivity contribution is 0.102. The van der Waals surface area contributed by atoms with E-state index < -0.39 is 27.2 Å². The van der Waals surface area contributed by atoms with Crippen molar-refractivity contribution < 1.29 is 13.2 Å². The number of hydrogen-bond acceptors (Lipinski definition) is 8. The number of anilines is 2. The average molecular weight is 487 g/mol. The molecule has 0 aliphatic heterocycles. The normalized spacial score (nSPS) is 11.5. The molecule has 0 bridgehead atoms. The van der Waals surface area contributed by atoms with Gasteiger partial charge in [0.2, 0.25) is 10.0 Å². The van der Waals surface area contributed by atoms with Gasteiger partial charge in [0.15, 0.2) is 5.13 Å². The molecule has 0 atom stereocenters. The monoisotopic (exact) mass is 486 g/mol. The van der Waals surface area contributed by atoms with E-state index in [0.29, 0.717) is 16.5 Å². The quantitative estimate of drug-likeness (QED) is 0.433. The molecule has 4 rings (SSSR count). The van der Waals surface area contributed by atoms with Gasteiger partial charge in [0.25, 0.3) is 11.5 Å². The molecule has 11 nitrogen and oxygen atoms in total. The van der Waals surface area contributed by atoms with Crippen LogP contribution in [0.2, 0.25) is 0 Å². The van der Waals surface area contributed by atoms with E-state index in [1.54, 1.807) is 29.6 Å². The maximum absolute atomic E-state index is 12.7. The second-order valence-corrected chi connectivity index (χ2v) is 9.85. The maximum Gasteiger partial charge on any atom is 0.332 e. The van der Waals surface area contributed by atoms with Gasteiger partial charge in [0, 0.05) is 36.9 Å². The third-order valence-corrected chi connectivity index (χ3v) is 6.13. The van der Waals surface area contributed by atoms with Gasteiger partial charge in [-0.15, -0.1) is 11.3 Å². The number of nitrogens with zero attached hydrogens (tertiary/aromatic N) is 4. The van der Waals surface area contributed by atoms with Crippen molar-refractivity contribution >= 4 is 49.1 Å². The predicted octanol–water partition coefficient (Wildman–Crippen LogP) is 1.38. The lowest BCUT2D eigenvalue weighted by Gasteiger charge is -2.08. The molecule has 0 aliphatic rings. The number of amides is 1. The molecule has 1 amide bonds. The van der Waals surface area contributed by atoms with Crippen molar-refractivity contribution in [3.63, 3.8) is 0 Å². The van der Waals surface area contributed by atoms with Gasteiger partial charge < -0.3 is 0 Å². The van der Waals surface area contributed by atoms with Crippen molar-refractivity contribution in [3.05, 3.63) is 68.3 Å². The zero-order chi connectivity index (χ0) is 23.9. The van der Waals surface area contributed by atoms with Crippen LogP contribution >= 0.6 is 11.3 Å². The van der Waals surface area contributed by atoms with Crippen molar-refractivity contribution in [1.82, 2.24) is 19.1 Å². The minimum Gasteiger partial charge on any atom is -0.298 e. The second kappa shape index (κ2) is 8.26. The summed E-state index contributed by atoms with van der Waals surface area (Å²) in [5.41, 5.74) is 1.05. The first-order valence-corrected chi connectivity index (χ1v) is 12.2. The van der Waals surface area contributed by atoms with Crippen LogP contribution in [0.4, 0.5) is 10.8 Å². The maximum atomic E-state index is 12.7. The minimum atomic E-state index is -3.37. The summed E-state index contributed by atoms with van der Waals surface area (Å²) in [5.74, 6) is -0.506. The Morgan fingerprint density at radius 3 is 2.45 bits per heavy atom. The summed E-state index contributed by atoms with van der Waals surface area (Å²) in [6, 6.07) is 8.04. The van der Waals surface area contributed by atoms with E-state index in [1.807, 2.05) is 0 Å². The number of rotatable bonds is 5. The number of carbonyl (C=O) groups excluding carboxylic acids is 1. The number of pyridine rings is 1. The molecule has 0 fully saturated rings. The first kappa shape index (κ1) is 22.4. The van der Waals surface area contributed by atoms with Crippen molar-refractivity contribution in [2.24, 2.45) is 14.1 Å². The summed E-state index contributed by atoms with van der Waals surface area (Å²) in [6.07, 6.45) is 2.36. The highest BCUT2D eigenvalue weighted by Gasteiger charge is 2.15. The number of nitrogens with one attached hydrogen (secondary N) is 2. The number of sulfonamides is 1. The van der Waals surface area contributed by atoms with Crippen molar-refractivity contribution in [3.8, 4) is 11.3 Å². The fourth-order valence-electron chi connectivity index (χ4n) is 3.15. The SMILES string of the molecule is Cn1c(=O)c2cc(C(=O)Nc3nc(-c4ccc(NS(C)(=O)=O)cc4)cs3)cnc2n(C)c1=O. The summed E-state index contributed by atoms with van der Waals surface area (Å²) in [5, 5.41) is 4.91. The fourth-order valence-corrected chi connectivity index (χ4v) is 4.42. The first-order valence-electron chi connectivity index (χ1n) is 9.44. The molecule has 0 aliphatic carbocycles. The van der Waals surface area contributed by atoms with Crippen LogP contribution in [0.25, 0.3) is 22.3 Å². The molecule has 170 valence electrons. The van der Waals surface area contributed by atoms with Gasteiger partial charge >= 0.3 is 5.69 Å². The van der Waals surface area contributed by atoms with E-state index in [1.165, 1.54) is 42.3 Å². The van der Waals surface area contributed by atoms with Crippen molar-refractivity contribution in [2.75, 3.05) is 16.3 Å². The Morgan fingerprint density at radius 1 is 1.09 bits per heavy atom. The molecule has 0 saturated carbocycles. The Kier molecular flexibility index (Phi) is 5.59. The van der Waals surface area contributed by atoms with Gasteiger partial charge in [-0.25, -0.2) is 23.2 Å². The second-order valence-electron chi connectivity index (χ2n) is 7.24. The van der Waals surface area contributed by atoms with Gasteiger partial charge in [0.1, 0.15) is 5.65 Å². The lowest BCUT2D eigenvalue weighted by Crippen LogP contribution is -2.37. The lowest BCUT2D eigenvalue weighted by atomic mass is 10.1. The average Bonchev–Trinajstić information content (AvgIpc) is 3.23. The third-order valence-electron chi connectivity index (χ3n) is 4.76. The van der Waals surface area contributed by atoms with E-state index in [4.69, 9.17) is 0 Å². The van der Waals surface area contributed by atoms with Gasteiger partial charge in [0.05, 0.1) is 22.9 Å². The molecule has 0 spiro atoms. The van der Waals surface area contributed by atoms with E-state index in [2.05, 4.69) is 20.0 Å². The van der Waals surface area contributed by atoms with E-state index >= 15 is 0 Å². The Labute approximate surface area is 191 Å². The molecule has 0 saturated heterocycles. The molecule has 1 aromatic carbocycles. The largest absolute Gasteiger partial charge is 0.332 e. The Balaban J connectivity index is 1.56. The number of benzene rings is 1.